The van der Waals surface area contributed by atoms with Crippen LogP contribution in [0.3, 0.4) is 0 Å². The van der Waals surface area contributed by atoms with Crippen LogP contribution >= 0.6 is 0 Å². The largest absolute Gasteiger partial charge is 0.344 e. The van der Waals surface area contributed by atoms with Gasteiger partial charge in [0.25, 0.3) is 0 Å². The number of fused-ring (bicyclic) bond motifs is 3. The molecule has 0 aliphatic rings. The van der Waals surface area contributed by atoms with Gasteiger partial charge in [-0.3, -0.25) is 0 Å². The van der Waals surface area contributed by atoms with E-state index in [0.29, 0.717) is 0 Å². The van der Waals surface area contributed by atoms with E-state index in [0.717, 1.165) is 0 Å². The zero-order valence-electron chi connectivity index (χ0n) is 13.2. The average Bonchev–Trinajstić information content (AvgIpc) is 2.80. The fourth-order valence-corrected chi connectivity index (χ4v) is 3.39. The number of pyridine rings is 1. The quantitative estimate of drug-likeness (QED) is 0.465. The van der Waals surface area contributed by atoms with Crippen molar-refractivity contribution in [2.75, 3.05) is 0 Å². The van der Waals surface area contributed by atoms with Crippen LogP contribution in [0.2, 0.25) is 0 Å². The van der Waals surface area contributed by atoms with Gasteiger partial charge in [-0.1, -0.05) is 18.2 Å². The molecule has 0 spiro atoms. The molecule has 0 radical (unpaired) electrons. The maximum atomic E-state index is 2.32. The summed E-state index contributed by atoms with van der Waals surface area (Å²) in [4.78, 5) is 0. The molecule has 2 aromatic carbocycles. The second kappa shape index (κ2) is 4.70. The molecule has 4 rings (SSSR count). The Kier molecular flexibility index (Phi) is 2.80. The van der Waals surface area contributed by atoms with Gasteiger partial charge < -0.3 is 4.57 Å². The van der Waals surface area contributed by atoms with Gasteiger partial charge >= 0.3 is 0 Å². The van der Waals surface area contributed by atoms with E-state index < -0.39 is 0 Å². The molecule has 0 unspecified atom stereocenters. The normalized spacial score (nSPS) is 11.4. The summed E-state index contributed by atoms with van der Waals surface area (Å²) in [5, 5.41) is 2.66. The fraction of sp³-hybridized carbons (Fsp3) is 0.150. The summed E-state index contributed by atoms with van der Waals surface area (Å²) in [6.45, 7) is 2.20. The van der Waals surface area contributed by atoms with Crippen LogP contribution in [0.1, 0.15) is 5.56 Å². The summed E-state index contributed by atoms with van der Waals surface area (Å²) in [6, 6.07) is 19.6. The summed E-state index contributed by atoms with van der Waals surface area (Å²) in [5.74, 6) is 0. The van der Waals surface area contributed by atoms with Gasteiger partial charge in [-0.25, -0.2) is 4.57 Å². The topological polar surface area (TPSA) is 8.81 Å². The van der Waals surface area contributed by atoms with Crippen molar-refractivity contribution in [1.82, 2.24) is 4.57 Å². The molecular weight excluding hydrogens is 268 g/mol. The number of benzene rings is 2. The smallest absolute Gasteiger partial charge is 0.212 e. The van der Waals surface area contributed by atoms with Crippen molar-refractivity contribution in [3.63, 3.8) is 0 Å². The minimum absolute atomic E-state index is 1.24. The highest BCUT2D eigenvalue weighted by molar-refractivity contribution is 6.09. The summed E-state index contributed by atoms with van der Waals surface area (Å²) < 4.78 is 4.47. The average molecular weight is 287 g/mol. The van der Waals surface area contributed by atoms with Gasteiger partial charge in [0.05, 0.1) is 5.56 Å². The highest BCUT2D eigenvalue weighted by Crippen LogP contribution is 2.32. The molecule has 2 nitrogen and oxygen atoms in total. The van der Waals surface area contributed by atoms with Crippen molar-refractivity contribution >= 4 is 21.8 Å². The molecule has 0 bridgehead atoms. The second-order valence-corrected chi connectivity index (χ2v) is 5.96. The minimum atomic E-state index is 1.24. The lowest BCUT2D eigenvalue weighted by Crippen LogP contribution is -2.30. The lowest BCUT2D eigenvalue weighted by Gasteiger charge is -2.06. The van der Waals surface area contributed by atoms with Crippen LogP contribution in [0.4, 0.5) is 0 Å². The molecule has 0 fully saturated rings. The van der Waals surface area contributed by atoms with Crippen molar-refractivity contribution in [3.8, 4) is 11.3 Å². The Balaban J connectivity index is 2.11. The number of aryl methyl sites for hydroxylation is 3. The third-order valence-corrected chi connectivity index (χ3v) is 4.59. The van der Waals surface area contributed by atoms with E-state index >= 15 is 0 Å². The first kappa shape index (κ1) is 13.1. The number of nitrogens with zero attached hydrogens (tertiary/aromatic N) is 2. The fourth-order valence-electron chi connectivity index (χ4n) is 3.39. The summed E-state index contributed by atoms with van der Waals surface area (Å²) in [7, 11) is 4.25. The number of hydrogen-bond acceptors (Lipinski definition) is 0. The van der Waals surface area contributed by atoms with Gasteiger partial charge in [0.2, 0.25) is 5.69 Å². The number of aromatic nitrogens is 2. The molecule has 2 heteroatoms. The van der Waals surface area contributed by atoms with Gasteiger partial charge in [0, 0.05) is 41.0 Å². The molecule has 0 saturated carbocycles. The third-order valence-electron chi connectivity index (χ3n) is 4.59. The minimum Gasteiger partial charge on any atom is -0.344 e. The van der Waals surface area contributed by atoms with E-state index in [4.69, 9.17) is 0 Å². The molecular formula is C20H19N2+. The first-order valence-corrected chi connectivity index (χ1v) is 7.59. The van der Waals surface area contributed by atoms with Crippen molar-refractivity contribution in [2.45, 2.75) is 6.92 Å². The molecule has 0 saturated heterocycles. The summed E-state index contributed by atoms with van der Waals surface area (Å²) in [5.41, 5.74) is 6.41. The van der Waals surface area contributed by atoms with E-state index in [1.54, 1.807) is 0 Å². The van der Waals surface area contributed by atoms with E-state index in [9.17, 15) is 0 Å². The Labute approximate surface area is 130 Å². The first-order valence-electron chi connectivity index (χ1n) is 7.59. The number of para-hydroxylation sites is 1. The summed E-state index contributed by atoms with van der Waals surface area (Å²) in [6.07, 6.45) is 2.10. The Hall–Kier alpha value is -2.61. The van der Waals surface area contributed by atoms with E-state index in [1.807, 2.05) is 0 Å². The SMILES string of the molecule is Cc1cc2c3ccccc3n(C)c2cc1-c1cccc[n+]1C. The van der Waals surface area contributed by atoms with Crippen LogP contribution in [0.5, 0.6) is 0 Å². The molecule has 0 atom stereocenters. The Morgan fingerprint density at radius 1 is 0.864 bits per heavy atom. The van der Waals surface area contributed by atoms with Crippen LogP contribution < -0.4 is 4.57 Å². The molecule has 0 N–H and O–H groups in total. The Morgan fingerprint density at radius 2 is 1.64 bits per heavy atom. The van der Waals surface area contributed by atoms with E-state index in [-0.39, 0.29) is 0 Å². The monoisotopic (exact) mass is 287 g/mol. The van der Waals surface area contributed by atoms with Crippen molar-refractivity contribution in [3.05, 3.63) is 66.4 Å². The maximum absolute atomic E-state index is 2.32. The Bertz CT molecular complexity index is 1010. The lowest BCUT2D eigenvalue weighted by molar-refractivity contribution is -0.660. The van der Waals surface area contributed by atoms with Crippen LogP contribution in [0, 0.1) is 6.92 Å². The number of hydrogen-bond donors (Lipinski definition) is 0. The lowest BCUT2D eigenvalue weighted by atomic mass is 10.0. The molecule has 2 aromatic heterocycles. The molecule has 2 heterocycles. The van der Waals surface area contributed by atoms with Crippen molar-refractivity contribution in [2.24, 2.45) is 14.1 Å². The van der Waals surface area contributed by atoms with Crippen LogP contribution in [0.15, 0.2) is 60.8 Å². The van der Waals surface area contributed by atoms with Gasteiger partial charge in [-0.05, 0) is 36.8 Å². The highest BCUT2D eigenvalue weighted by atomic mass is 14.9. The zero-order chi connectivity index (χ0) is 15.3. The molecule has 0 aliphatic heterocycles. The van der Waals surface area contributed by atoms with Gasteiger partial charge in [-0.2, -0.15) is 0 Å². The predicted octanol–water partition coefficient (Wildman–Crippen LogP) is 4.13. The van der Waals surface area contributed by atoms with Gasteiger partial charge in [0.1, 0.15) is 7.05 Å². The zero-order valence-corrected chi connectivity index (χ0v) is 13.2. The third kappa shape index (κ3) is 1.77. The standard InChI is InChI=1S/C20H19N2/c1-14-12-17-15-8-4-5-10-19(15)22(3)20(17)13-16(14)18-9-6-7-11-21(18)2/h4-13H,1-3H3/q+1. The Morgan fingerprint density at radius 3 is 2.45 bits per heavy atom. The second-order valence-electron chi connectivity index (χ2n) is 5.96. The number of rotatable bonds is 1. The van der Waals surface area contributed by atoms with Crippen LogP contribution in [0.25, 0.3) is 33.1 Å². The predicted molar refractivity (Wildman–Crippen MR) is 91.8 cm³/mol. The molecule has 108 valence electrons. The van der Waals surface area contributed by atoms with Crippen molar-refractivity contribution < 1.29 is 4.57 Å². The highest BCUT2D eigenvalue weighted by Gasteiger charge is 2.15. The molecule has 0 amide bonds. The van der Waals surface area contributed by atoms with Crippen LogP contribution in [-0.2, 0) is 14.1 Å². The van der Waals surface area contributed by atoms with Gasteiger partial charge in [-0.15, -0.1) is 0 Å². The maximum Gasteiger partial charge on any atom is 0.212 e. The van der Waals surface area contributed by atoms with Crippen LogP contribution in [-0.4, -0.2) is 4.57 Å². The molecule has 4 aromatic rings. The van der Waals surface area contributed by atoms with E-state index in [1.165, 1.54) is 38.6 Å². The van der Waals surface area contributed by atoms with Gasteiger partial charge in [0.15, 0.2) is 6.20 Å². The van der Waals surface area contributed by atoms with E-state index in [2.05, 4.69) is 90.9 Å². The molecule has 0 aliphatic carbocycles. The first-order chi connectivity index (χ1) is 10.7. The van der Waals surface area contributed by atoms with Crippen molar-refractivity contribution in [1.29, 1.82) is 0 Å². The summed E-state index contributed by atoms with van der Waals surface area (Å²) >= 11 is 0. The molecule has 22 heavy (non-hydrogen) atoms.